The molecular formula is C52H93NO15. The van der Waals surface area contributed by atoms with E-state index >= 15 is 0 Å². The Morgan fingerprint density at radius 3 is 0.735 bits per heavy atom. The monoisotopic (exact) mass is 972 g/mol. The van der Waals surface area contributed by atoms with Crippen LogP contribution in [0.1, 0.15) is 130 Å². The highest BCUT2D eigenvalue weighted by Gasteiger charge is 2.34. The van der Waals surface area contributed by atoms with Crippen LogP contribution in [0.15, 0.2) is 24.3 Å². The predicted octanol–water partition coefficient (Wildman–Crippen LogP) is 7.76. The van der Waals surface area contributed by atoms with E-state index in [-0.39, 0.29) is 25.0 Å². The van der Waals surface area contributed by atoms with Crippen molar-refractivity contribution < 1.29 is 71.2 Å². The first kappa shape index (κ1) is 62.0. The number of benzene rings is 1. The first-order valence-corrected chi connectivity index (χ1v) is 26.2. The molecule has 16 nitrogen and oxygen atoms in total. The maximum absolute atomic E-state index is 12.3. The topological polar surface area (TPSA) is 157 Å². The summed E-state index contributed by atoms with van der Waals surface area (Å²) >= 11 is 0. The number of hydrogen-bond acceptors (Lipinski definition) is 15. The Hall–Kier alpha value is -2.16. The van der Waals surface area contributed by atoms with Gasteiger partial charge < -0.3 is 61.6 Å². The molecule has 0 saturated carbocycles. The van der Waals surface area contributed by atoms with Crippen molar-refractivity contribution in [2.45, 2.75) is 110 Å². The number of rotatable bonds is 56. The number of nitrogens with zero attached hydrogens (tertiary/aromatic N) is 1. The highest BCUT2D eigenvalue weighted by atomic mass is 16.6. The lowest BCUT2D eigenvalue weighted by Gasteiger charge is -2.13. The maximum Gasteiger partial charge on any atom is 0.261 e. The summed E-state index contributed by atoms with van der Waals surface area (Å²) < 4.78 is 72.0. The Kier molecular flexibility index (Phi) is 45.4. The van der Waals surface area contributed by atoms with Crippen LogP contribution >= 0.6 is 0 Å². The van der Waals surface area contributed by atoms with Crippen LogP contribution in [-0.4, -0.2) is 195 Å². The molecule has 68 heavy (non-hydrogen) atoms. The van der Waals surface area contributed by atoms with Gasteiger partial charge in [-0.1, -0.05) is 115 Å². The Bertz CT molecular complexity index is 1210. The molecule has 396 valence electrons. The molecule has 2 rings (SSSR count). The number of ether oxygens (including phenoxy) is 13. The van der Waals surface area contributed by atoms with Crippen LogP contribution in [0.4, 0.5) is 0 Å². The molecule has 1 aromatic rings. The second-order valence-electron chi connectivity index (χ2n) is 16.6. The molecule has 1 aliphatic rings. The largest absolute Gasteiger partial charge is 0.379 e. The second-order valence-corrected chi connectivity index (χ2v) is 16.6. The van der Waals surface area contributed by atoms with Gasteiger partial charge in [0.15, 0.2) is 0 Å². The maximum atomic E-state index is 12.3. The molecule has 0 unspecified atom stereocenters. The Labute approximate surface area is 410 Å². The number of fused-ring (bicyclic) bond motifs is 1. The van der Waals surface area contributed by atoms with Crippen molar-refractivity contribution in [1.82, 2.24) is 4.90 Å². The summed E-state index contributed by atoms with van der Waals surface area (Å²) in [7, 11) is 0. The third-order valence-electron chi connectivity index (χ3n) is 10.9. The van der Waals surface area contributed by atoms with Crippen molar-refractivity contribution in [3.05, 3.63) is 35.4 Å². The minimum absolute atomic E-state index is 0.213. The molecule has 0 saturated heterocycles. The summed E-state index contributed by atoms with van der Waals surface area (Å²) in [5.74, 6) is -0.555. The zero-order valence-electron chi connectivity index (χ0n) is 42.3. The SMILES string of the molecule is CCCCCCCCCCCCCCCCCCOCCOCCOCCOCCOCCOCCOCCOCCOCCOCCOCCOCCOCCN1C(=O)c2ccccc2C1=O. The van der Waals surface area contributed by atoms with E-state index in [1.165, 1.54) is 101 Å². The average molecular weight is 972 g/mol. The molecule has 2 amide bonds. The van der Waals surface area contributed by atoms with E-state index in [0.717, 1.165) is 13.0 Å². The lowest BCUT2D eigenvalue weighted by Crippen LogP contribution is -2.33. The highest BCUT2D eigenvalue weighted by Crippen LogP contribution is 2.22. The fourth-order valence-corrected chi connectivity index (χ4v) is 7.09. The molecule has 0 atom stereocenters. The molecule has 16 heteroatoms. The molecule has 1 aromatic carbocycles. The zero-order chi connectivity index (χ0) is 48.3. The minimum atomic E-state index is -0.278. The predicted molar refractivity (Wildman–Crippen MR) is 262 cm³/mol. The highest BCUT2D eigenvalue weighted by molar-refractivity contribution is 6.21. The van der Waals surface area contributed by atoms with Crippen LogP contribution < -0.4 is 0 Å². The van der Waals surface area contributed by atoms with Gasteiger partial charge in [0.2, 0.25) is 0 Å². The standard InChI is InChI=1S/C52H93NO15/c1-2-3-4-5-6-7-8-9-10-11-12-13-14-15-16-19-23-56-25-27-58-29-31-60-33-35-62-37-39-64-41-43-66-45-47-68-48-46-67-44-42-65-40-38-63-36-34-61-32-30-59-28-26-57-24-22-53-51(54)49-20-17-18-21-50(49)52(53)55/h17-18,20-21H,2-16,19,22-48H2,1H3. The van der Waals surface area contributed by atoms with Gasteiger partial charge in [-0.05, 0) is 18.6 Å². The minimum Gasteiger partial charge on any atom is -0.379 e. The van der Waals surface area contributed by atoms with E-state index in [0.29, 0.717) is 170 Å². The van der Waals surface area contributed by atoms with Crippen molar-refractivity contribution in [1.29, 1.82) is 0 Å². The smallest absolute Gasteiger partial charge is 0.261 e. The number of amides is 2. The summed E-state index contributed by atoms with van der Waals surface area (Å²) in [6, 6.07) is 6.83. The van der Waals surface area contributed by atoms with Gasteiger partial charge in [-0.25, -0.2) is 0 Å². The van der Waals surface area contributed by atoms with Crippen LogP contribution in [0.5, 0.6) is 0 Å². The second kappa shape index (κ2) is 49.8. The third-order valence-corrected chi connectivity index (χ3v) is 10.9. The van der Waals surface area contributed by atoms with Gasteiger partial charge in [0.25, 0.3) is 11.8 Å². The Balaban J connectivity index is 1.11. The van der Waals surface area contributed by atoms with Gasteiger partial charge in [0.05, 0.1) is 183 Å². The molecule has 0 spiro atoms. The summed E-state index contributed by atoms with van der Waals surface area (Å²) in [5.41, 5.74) is 0.884. The normalized spacial score (nSPS) is 12.6. The van der Waals surface area contributed by atoms with E-state index in [1.54, 1.807) is 24.3 Å². The van der Waals surface area contributed by atoms with Crippen molar-refractivity contribution >= 4 is 11.8 Å². The first-order valence-electron chi connectivity index (χ1n) is 26.2. The van der Waals surface area contributed by atoms with Crippen molar-refractivity contribution in [3.63, 3.8) is 0 Å². The number of unbranched alkanes of at least 4 members (excludes halogenated alkanes) is 15. The van der Waals surface area contributed by atoms with Gasteiger partial charge in [-0.15, -0.1) is 0 Å². The lowest BCUT2D eigenvalue weighted by molar-refractivity contribution is -0.0291. The molecule has 0 fully saturated rings. The average Bonchev–Trinajstić information content (AvgIpc) is 3.59. The Morgan fingerprint density at radius 1 is 0.279 bits per heavy atom. The Morgan fingerprint density at radius 2 is 0.485 bits per heavy atom. The molecular weight excluding hydrogens is 879 g/mol. The summed E-state index contributed by atoms with van der Waals surface area (Å²) in [5, 5.41) is 0. The van der Waals surface area contributed by atoms with E-state index in [1.807, 2.05) is 0 Å². The van der Waals surface area contributed by atoms with Gasteiger partial charge >= 0.3 is 0 Å². The van der Waals surface area contributed by atoms with Gasteiger partial charge in [-0.2, -0.15) is 0 Å². The number of carbonyl (C=O) groups is 2. The third kappa shape index (κ3) is 37.6. The molecule has 0 N–H and O–H groups in total. The molecule has 1 aliphatic heterocycles. The van der Waals surface area contributed by atoms with Gasteiger partial charge in [0, 0.05) is 6.61 Å². The summed E-state index contributed by atoms with van der Waals surface area (Å²) in [6.45, 7) is 15.5. The van der Waals surface area contributed by atoms with E-state index in [4.69, 9.17) is 61.6 Å². The van der Waals surface area contributed by atoms with E-state index < -0.39 is 0 Å². The van der Waals surface area contributed by atoms with E-state index in [2.05, 4.69) is 6.92 Å². The van der Waals surface area contributed by atoms with Crippen LogP contribution in [0.25, 0.3) is 0 Å². The van der Waals surface area contributed by atoms with Crippen molar-refractivity contribution in [3.8, 4) is 0 Å². The van der Waals surface area contributed by atoms with Crippen LogP contribution in [0, 0.1) is 0 Å². The van der Waals surface area contributed by atoms with Gasteiger partial charge in [-0.3, -0.25) is 14.5 Å². The number of hydrogen-bond donors (Lipinski definition) is 0. The number of imide groups is 1. The fraction of sp³-hybridized carbons (Fsp3) is 0.846. The fourth-order valence-electron chi connectivity index (χ4n) is 7.09. The summed E-state index contributed by atoms with van der Waals surface area (Å²) in [6.07, 6.45) is 22.1. The molecule has 0 aliphatic carbocycles. The zero-order valence-corrected chi connectivity index (χ0v) is 42.3. The molecule has 0 aromatic heterocycles. The molecule has 0 radical (unpaired) electrons. The van der Waals surface area contributed by atoms with Crippen molar-refractivity contribution in [2.75, 3.05) is 178 Å². The lowest BCUT2D eigenvalue weighted by atomic mass is 10.0. The van der Waals surface area contributed by atoms with Gasteiger partial charge in [0.1, 0.15) is 0 Å². The van der Waals surface area contributed by atoms with Crippen LogP contribution in [-0.2, 0) is 61.6 Å². The quantitative estimate of drug-likeness (QED) is 0.0461. The molecule has 0 bridgehead atoms. The van der Waals surface area contributed by atoms with E-state index in [9.17, 15) is 9.59 Å². The van der Waals surface area contributed by atoms with Crippen LogP contribution in [0.3, 0.4) is 0 Å². The summed E-state index contributed by atoms with van der Waals surface area (Å²) in [4.78, 5) is 25.9. The molecule has 1 heterocycles. The number of carbonyl (C=O) groups excluding carboxylic acids is 2. The van der Waals surface area contributed by atoms with Crippen molar-refractivity contribution in [2.24, 2.45) is 0 Å². The first-order chi connectivity index (χ1) is 33.8. The van der Waals surface area contributed by atoms with Crippen LogP contribution in [0.2, 0.25) is 0 Å².